The monoisotopic (exact) mass is 1230 g/mol. The maximum absolute atomic E-state index is 2.47. The Kier molecular flexibility index (Phi) is 36.3. The number of nitrogens with zero attached hydrogens (tertiary/aromatic N) is 2. The van der Waals surface area contributed by atoms with Crippen molar-refractivity contribution in [3.05, 3.63) is 285 Å². The summed E-state index contributed by atoms with van der Waals surface area (Å²) >= 11 is 0. The van der Waals surface area contributed by atoms with Gasteiger partial charge in [-0.05, 0) is 162 Å². The lowest BCUT2D eigenvalue weighted by atomic mass is 9.98. The number of hydrogen-bond acceptors (Lipinski definition) is 0. The van der Waals surface area contributed by atoms with Gasteiger partial charge in [0, 0.05) is 51.2 Å². The first-order chi connectivity index (χ1) is 45.3. The van der Waals surface area contributed by atoms with E-state index in [0.717, 1.165) is 51.6 Å². The standard InChI is InChI=1S/2C24H25N.2C13H10.8C2H6/c1-4-18-13-17(3)14-19(15-18)16-20-9-8-11-22-21-10-6-7-12-23(21)25(5-2)24(20)22;1-4-18-12-17(3)13-20(14-18)15-19-10-11-22-21-8-6-7-9-23(21)25(5-2)24(22)16-19;2*1-3-7-12-10(5-1)9-11-6-2-4-8-13(11)12;8*1-2/h6-15H,4-5,16H2,1-3H3;6-14,16H,4-5,15H2,1-3H3;2*1-8H,9H2;8*1-2H3. The van der Waals surface area contributed by atoms with Gasteiger partial charge >= 0.3 is 0 Å². The maximum Gasteiger partial charge on any atom is 0.0527 e. The van der Waals surface area contributed by atoms with Gasteiger partial charge in [-0.25, -0.2) is 0 Å². The first-order valence-corrected chi connectivity index (χ1v) is 35.8. The largest absolute Gasteiger partial charge is 0.341 e. The highest BCUT2D eigenvalue weighted by atomic mass is 15.0. The minimum Gasteiger partial charge on any atom is -0.341 e. The molecule has 0 amide bonds. The lowest BCUT2D eigenvalue weighted by Gasteiger charge is -2.11. The van der Waals surface area contributed by atoms with Gasteiger partial charge in [-0.1, -0.05) is 336 Å². The normalized spacial score (nSPS) is 10.2. The predicted molar refractivity (Wildman–Crippen MR) is 417 cm³/mol. The van der Waals surface area contributed by atoms with Crippen LogP contribution in [-0.2, 0) is 51.6 Å². The molecule has 2 nitrogen and oxygen atoms in total. The summed E-state index contributed by atoms with van der Waals surface area (Å²) in [6, 6.07) is 79.8. The molecular formula is C90H118N2. The van der Waals surface area contributed by atoms with Crippen LogP contribution in [0.4, 0.5) is 0 Å². The van der Waals surface area contributed by atoms with E-state index < -0.39 is 0 Å². The Labute approximate surface area is 560 Å². The third-order valence-corrected chi connectivity index (χ3v) is 15.8. The Bertz CT molecular complexity index is 3850. The topological polar surface area (TPSA) is 9.86 Å². The molecule has 12 aromatic rings. The van der Waals surface area contributed by atoms with Crippen LogP contribution in [0, 0.1) is 13.8 Å². The zero-order valence-corrected chi connectivity index (χ0v) is 61.3. The first-order valence-electron chi connectivity index (χ1n) is 35.8. The van der Waals surface area contributed by atoms with Crippen LogP contribution >= 0.6 is 0 Å². The molecule has 0 unspecified atom stereocenters. The molecule has 0 radical (unpaired) electrons. The Balaban J connectivity index is 0.000000307. The van der Waals surface area contributed by atoms with Crippen molar-refractivity contribution in [3.8, 4) is 22.3 Å². The Morgan fingerprint density at radius 3 is 1.02 bits per heavy atom. The van der Waals surface area contributed by atoms with Crippen LogP contribution in [-0.4, -0.2) is 9.13 Å². The number of aromatic nitrogens is 2. The van der Waals surface area contributed by atoms with Gasteiger partial charge in [0.2, 0.25) is 0 Å². The van der Waals surface area contributed by atoms with Crippen molar-refractivity contribution >= 4 is 43.6 Å². The summed E-state index contributed by atoms with van der Waals surface area (Å²) < 4.78 is 4.90. The predicted octanol–water partition coefficient (Wildman–Crippen LogP) is 27.3. The first kappa shape index (κ1) is 78.0. The van der Waals surface area contributed by atoms with E-state index in [2.05, 4.69) is 269 Å². The molecule has 2 heteroatoms. The average molecular weight is 1230 g/mol. The molecule has 2 aliphatic carbocycles. The molecule has 0 bridgehead atoms. The lowest BCUT2D eigenvalue weighted by molar-refractivity contribution is 0.823. The summed E-state index contributed by atoms with van der Waals surface area (Å²) in [5.74, 6) is 0. The number of para-hydroxylation sites is 3. The molecule has 10 aromatic carbocycles. The fourth-order valence-electron chi connectivity index (χ4n) is 12.3. The fourth-order valence-corrected chi connectivity index (χ4v) is 12.3. The zero-order chi connectivity index (χ0) is 68.1. The second-order valence-corrected chi connectivity index (χ2v) is 20.9. The van der Waals surface area contributed by atoms with Crippen LogP contribution in [0.5, 0.6) is 0 Å². The SMILES string of the molecule is CC.CC.CC.CC.CC.CC.CC.CC.CCc1cc(C)cc(Cc2ccc3c4ccccc4n(CC)c3c2)c1.CCc1cc(C)cc(Cc2cccc3c4ccccc4n(CC)c23)c1.c1ccc2c(c1)Cc1ccccc1-2.c1ccc2c(c1)Cc1ccccc1-2. The second-order valence-electron chi connectivity index (χ2n) is 20.9. The summed E-state index contributed by atoms with van der Waals surface area (Å²) in [4.78, 5) is 0. The molecule has 0 fully saturated rings. The molecule has 488 valence electrons. The van der Waals surface area contributed by atoms with Gasteiger partial charge in [-0.15, -0.1) is 0 Å². The van der Waals surface area contributed by atoms with Crippen molar-refractivity contribution in [2.45, 2.75) is 204 Å². The number of hydrogen-bond donors (Lipinski definition) is 0. The van der Waals surface area contributed by atoms with E-state index in [4.69, 9.17) is 0 Å². The highest BCUT2D eigenvalue weighted by Crippen LogP contribution is 2.38. The van der Waals surface area contributed by atoms with E-state index in [1.807, 2.05) is 111 Å². The summed E-state index contributed by atoms with van der Waals surface area (Å²) in [6.45, 7) is 47.3. The minimum absolute atomic E-state index is 0.988. The van der Waals surface area contributed by atoms with E-state index in [1.165, 1.54) is 133 Å². The van der Waals surface area contributed by atoms with Crippen molar-refractivity contribution in [3.63, 3.8) is 0 Å². The van der Waals surface area contributed by atoms with Crippen molar-refractivity contribution in [1.29, 1.82) is 0 Å². The third kappa shape index (κ3) is 19.7. The highest BCUT2D eigenvalue weighted by molar-refractivity contribution is 6.09. The molecule has 2 aliphatic rings. The number of fused-ring (bicyclic) bond motifs is 12. The van der Waals surface area contributed by atoms with Crippen LogP contribution in [0.1, 0.15) is 205 Å². The molecule has 0 atom stereocenters. The third-order valence-electron chi connectivity index (χ3n) is 15.8. The number of aryl methyl sites for hydroxylation is 6. The molecule has 92 heavy (non-hydrogen) atoms. The summed E-state index contributed by atoms with van der Waals surface area (Å²) in [6.07, 6.45) is 6.38. The van der Waals surface area contributed by atoms with E-state index in [0.29, 0.717) is 0 Å². The highest BCUT2D eigenvalue weighted by Gasteiger charge is 2.18. The average Bonchev–Trinajstić information content (AvgIpc) is 1.63. The van der Waals surface area contributed by atoms with Gasteiger partial charge in [-0.2, -0.15) is 0 Å². The quantitative estimate of drug-likeness (QED) is 0.143. The van der Waals surface area contributed by atoms with Gasteiger partial charge < -0.3 is 9.13 Å². The van der Waals surface area contributed by atoms with E-state index in [1.54, 1.807) is 0 Å². The molecule has 0 N–H and O–H groups in total. The Morgan fingerprint density at radius 1 is 0.272 bits per heavy atom. The lowest BCUT2D eigenvalue weighted by Crippen LogP contribution is -1.98. The second kappa shape index (κ2) is 42.8. The van der Waals surface area contributed by atoms with Crippen molar-refractivity contribution < 1.29 is 0 Å². The molecule has 0 saturated heterocycles. The summed E-state index contributed by atoms with van der Waals surface area (Å²) in [5.41, 5.74) is 28.1. The molecule has 0 saturated carbocycles. The minimum atomic E-state index is 0.988. The van der Waals surface area contributed by atoms with Gasteiger partial charge in [0.05, 0.1) is 5.52 Å². The summed E-state index contributed by atoms with van der Waals surface area (Å²) in [5, 5.41) is 5.45. The fraction of sp³-hybridized carbons (Fsp3) is 0.333. The van der Waals surface area contributed by atoms with E-state index in [-0.39, 0.29) is 0 Å². The van der Waals surface area contributed by atoms with Crippen LogP contribution < -0.4 is 0 Å². The zero-order valence-electron chi connectivity index (χ0n) is 61.3. The van der Waals surface area contributed by atoms with E-state index >= 15 is 0 Å². The van der Waals surface area contributed by atoms with Gasteiger partial charge in [0.1, 0.15) is 0 Å². The van der Waals surface area contributed by atoms with Crippen LogP contribution in [0.2, 0.25) is 0 Å². The molecule has 2 aromatic heterocycles. The summed E-state index contributed by atoms with van der Waals surface area (Å²) in [7, 11) is 0. The molecule has 0 aliphatic heterocycles. The molecular weight excluding hydrogens is 1110 g/mol. The molecule has 0 spiro atoms. The van der Waals surface area contributed by atoms with Crippen LogP contribution in [0.3, 0.4) is 0 Å². The van der Waals surface area contributed by atoms with Gasteiger partial charge in [-0.3, -0.25) is 0 Å². The Hall–Kier alpha value is -8.20. The smallest absolute Gasteiger partial charge is 0.0527 e. The van der Waals surface area contributed by atoms with Gasteiger partial charge in [0.15, 0.2) is 0 Å². The number of rotatable bonds is 8. The number of benzene rings is 10. The van der Waals surface area contributed by atoms with Crippen molar-refractivity contribution in [2.24, 2.45) is 0 Å². The van der Waals surface area contributed by atoms with Crippen molar-refractivity contribution in [2.75, 3.05) is 0 Å². The van der Waals surface area contributed by atoms with Crippen LogP contribution in [0.15, 0.2) is 218 Å². The molecule has 2 heterocycles. The maximum atomic E-state index is 2.47. The van der Waals surface area contributed by atoms with E-state index in [9.17, 15) is 0 Å². The van der Waals surface area contributed by atoms with Crippen molar-refractivity contribution in [1.82, 2.24) is 9.13 Å². The van der Waals surface area contributed by atoms with Crippen LogP contribution in [0.25, 0.3) is 65.9 Å². The Morgan fingerprint density at radius 2 is 0.609 bits per heavy atom. The molecule has 14 rings (SSSR count). The van der Waals surface area contributed by atoms with Gasteiger partial charge in [0.25, 0.3) is 0 Å².